The molecule has 1 rings (SSSR count). The van der Waals surface area contributed by atoms with Crippen molar-refractivity contribution in [2.75, 3.05) is 33.8 Å². The van der Waals surface area contributed by atoms with Crippen LogP contribution in [0.2, 0.25) is 0 Å². The van der Waals surface area contributed by atoms with E-state index in [-0.39, 0.29) is 30.4 Å². The molecule has 0 aliphatic carbocycles. The van der Waals surface area contributed by atoms with Crippen molar-refractivity contribution in [1.82, 2.24) is 15.1 Å². The fourth-order valence-electron chi connectivity index (χ4n) is 3.21. The maximum absolute atomic E-state index is 13.0. The minimum Gasteiger partial charge on any atom is -0.463 e. The number of carbonyl (C=O) groups excluding carboxylic acids is 3. The molecule has 0 bridgehead atoms. The van der Waals surface area contributed by atoms with E-state index in [4.69, 9.17) is 4.74 Å². The summed E-state index contributed by atoms with van der Waals surface area (Å²) in [5.74, 6) is -0.654. The molecule has 0 aromatic rings. The third-order valence-electron chi connectivity index (χ3n) is 5.12. The van der Waals surface area contributed by atoms with Crippen LogP contribution in [0.5, 0.6) is 0 Å². The van der Waals surface area contributed by atoms with Crippen molar-refractivity contribution >= 4 is 17.8 Å². The molecule has 0 radical (unpaired) electrons. The highest BCUT2D eigenvalue weighted by Gasteiger charge is 2.37. The molecule has 0 saturated carbocycles. The molecule has 1 N–H and O–H groups in total. The molecule has 0 aromatic heterocycles. The van der Waals surface area contributed by atoms with Crippen molar-refractivity contribution in [1.29, 1.82) is 0 Å². The zero-order valence-electron chi connectivity index (χ0n) is 21.2. The summed E-state index contributed by atoms with van der Waals surface area (Å²) in [6.07, 6.45) is 5.85. The van der Waals surface area contributed by atoms with E-state index in [2.05, 4.69) is 24.1 Å². The Bertz CT molecular complexity index is 610. The normalized spacial score (nSPS) is 18.4. The quantitative estimate of drug-likeness (QED) is 0.486. The smallest absolute Gasteiger partial charge is 0.333 e. The van der Waals surface area contributed by atoms with Crippen LogP contribution in [0.15, 0.2) is 11.6 Å². The lowest BCUT2D eigenvalue weighted by Gasteiger charge is -2.37. The first-order chi connectivity index (χ1) is 14.4. The van der Waals surface area contributed by atoms with Gasteiger partial charge in [0.1, 0.15) is 6.04 Å². The molecule has 0 spiro atoms. The number of ether oxygens (including phenoxy) is 1. The number of rotatable bonds is 7. The van der Waals surface area contributed by atoms with Gasteiger partial charge in [0, 0.05) is 19.2 Å². The molecule has 1 saturated heterocycles. The number of amides is 2. The summed E-state index contributed by atoms with van der Waals surface area (Å²) in [7, 11) is 3.63. The van der Waals surface area contributed by atoms with E-state index in [1.165, 1.54) is 11.3 Å². The van der Waals surface area contributed by atoms with Gasteiger partial charge in [0.15, 0.2) is 0 Å². The summed E-state index contributed by atoms with van der Waals surface area (Å²) in [5, 5.41) is 2.98. The van der Waals surface area contributed by atoms with Crippen molar-refractivity contribution in [2.45, 2.75) is 86.2 Å². The first-order valence-electron chi connectivity index (χ1n) is 11.5. The van der Waals surface area contributed by atoms with Crippen LogP contribution in [0, 0.1) is 5.41 Å². The molecule has 1 aliphatic rings. The molecule has 0 aromatic carbocycles. The van der Waals surface area contributed by atoms with Crippen LogP contribution < -0.4 is 5.32 Å². The molecule has 1 heterocycles. The maximum Gasteiger partial charge on any atom is 0.333 e. The van der Waals surface area contributed by atoms with Crippen molar-refractivity contribution in [3.8, 4) is 0 Å². The van der Waals surface area contributed by atoms with Gasteiger partial charge in [0.05, 0.1) is 12.6 Å². The summed E-state index contributed by atoms with van der Waals surface area (Å²) < 4.78 is 4.96. The van der Waals surface area contributed by atoms with E-state index in [1.54, 1.807) is 27.0 Å². The molecule has 1 aliphatic heterocycles. The summed E-state index contributed by atoms with van der Waals surface area (Å²) in [4.78, 5) is 41.2. The second-order valence-electron chi connectivity index (χ2n) is 9.33. The van der Waals surface area contributed by atoms with Crippen molar-refractivity contribution in [2.24, 2.45) is 5.41 Å². The van der Waals surface area contributed by atoms with E-state index in [1.807, 2.05) is 27.8 Å². The highest BCUT2D eigenvalue weighted by molar-refractivity contribution is 5.91. The van der Waals surface area contributed by atoms with Gasteiger partial charge >= 0.3 is 5.97 Å². The molecular weight excluding hydrogens is 394 g/mol. The van der Waals surface area contributed by atoms with Gasteiger partial charge in [-0.2, -0.15) is 0 Å². The highest BCUT2D eigenvalue weighted by atomic mass is 16.5. The summed E-state index contributed by atoms with van der Waals surface area (Å²) in [6, 6.07) is -0.834. The Hall–Kier alpha value is -1.89. The van der Waals surface area contributed by atoms with E-state index in [0.29, 0.717) is 12.2 Å². The first-order valence-corrected chi connectivity index (χ1v) is 11.5. The number of carbonyl (C=O) groups is 3. The number of hydrogen-bond donors (Lipinski definition) is 1. The Labute approximate surface area is 189 Å². The Balaban J connectivity index is 0.00000282. The zero-order chi connectivity index (χ0) is 24.2. The molecule has 31 heavy (non-hydrogen) atoms. The Kier molecular flexibility index (Phi) is 13.4. The number of likely N-dealkylation sites (N-methyl/N-ethyl adjacent to an activating group) is 2. The van der Waals surface area contributed by atoms with E-state index < -0.39 is 11.5 Å². The summed E-state index contributed by atoms with van der Waals surface area (Å²) in [5.41, 5.74) is 0.0235. The Morgan fingerprint density at radius 3 is 2.26 bits per heavy atom. The van der Waals surface area contributed by atoms with Crippen LogP contribution >= 0.6 is 0 Å². The topological polar surface area (TPSA) is 79.0 Å². The predicted molar refractivity (Wildman–Crippen MR) is 126 cm³/mol. The molecular formula is C24H45N3O4. The minimum absolute atomic E-state index is 0.0953. The Morgan fingerprint density at radius 2 is 1.77 bits per heavy atom. The second kappa shape index (κ2) is 14.2. The second-order valence-corrected chi connectivity index (χ2v) is 9.33. The zero-order valence-corrected chi connectivity index (χ0v) is 21.2. The van der Waals surface area contributed by atoms with Crippen molar-refractivity contribution in [3.63, 3.8) is 0 Å². The highest BCUT2D eigenvalue weighted by Crippen LogP contribution is 2.22. The van der Waals surface area contributed by atoms with Crippen LogP contribution in [-0.4, -0.2) is 73.5 Å². The predicted octanol–water partition coefficient (Wildman–Crippen LogP) is 3.39. The third kappa shape index (κ3) is 10.3. The molecule has 2 amide bonds. The number of nitrogens with one attached hydrogen (secondary N) is 1. The van der Waals surface area contributed by atoms with Crippen LogP contribution in [0.3, 0.4) is 0 Å². The van der Waals surface area contributed by atoms with Gasteiger partial charge in [0.2, 0.25) is 11.8 Å². The third-order valence-corrected chi connectivity index (χ3v) is 5.12. The molecule has 2 atom stereocenters. The number of hydrogen-bond acceptors (Lipinski definition) is 5. The van der Waals surface area contributed by atoms with Gasteiger partial charge in [-0.3, -0.25) is 14.5 Å². The van der Waals surface area contributed by atoms with Gasteiger partial charge in [-0.15, -0.1) is 0 Å². The fraction of sp³-hybridized carbons (Fsp3) is 0.792. The van der Waals surface area contributed by atoms with Gasteiger partial charge in [-0.05, 0) is 45.7 Å². The van der Waals surface area contributed by atoms with Crippen molar-refractivity contribution < 1.29 is 19.1 Å². The van der Waals surface area contributed by atoms with E-state index >= 15 is 0 Å². The first kappa shape index (κ1) is 29.1. The lowest BCUT2D eigenvalue weighted by molar-refractivity contribution is -0.140. The molecule has 7 nitrogen and oxygen atoms in total. The standard InChI is InChI=1S/C21H37N3O4.C3H8/c1-8-28-20(27)15(2)12-14-24(7)19(26)17(21(3,4)5)22-18(25)16-11-9-10-13-23(16)6;1-3-2/h12,16-17H,8-11,13-14H2,1-7H3,(H,22,25);3H2,1-2H3/b15-12+;. The monoisotopic (exact) mass is 439 g/mol. The summed E-state index contributed by atoms with van der Waals surface area (Å²) >= 11 is 0. The largest absolute Gasteiger partial charge is 0.463 e. The van der Waals surface area contributed by atoms with Gasteiger partial charge in [-0.25, -0.2) is 4.79 Å². The van der Waals surface area contributed by atoms with Gasteiger partial charge in [-0.1, -0.05) is 53.5 Å². The minimum atomic E-state index is -0.642. The van der Waals surface area contributed by atoms with Crippen LogP contribution in [0.25, 0.3) is 0 Å². The lowest BCUT2D eigenvalue weighted by Crippen LogP contribution is -2.58. The SMILES string of the molecule is CCC.CCOC(=O)/C(C)=C/CN(C)C(=O)C(NC(=O)C1CCCCN1C)C(C)(C)C. The Morgan fingerprint density at radius 1 is 1.19 bits per heavy atom. The van der Waals surface area contributed by atoms with Crippen molar-refractivity contribution in [3.05, 3.63) is 11.6 Å². The molecule has 1 fully saturated rings. The maximum atomic E-state index is 13.0. The average Bonchev–Trinajstić information content (AvgIpc) is 2.69. The van der Waals surface area contributed by atoms with Crippen LogP contribution in [-0.2, 0) is 19.1 Å². The summed E-state index contributed by atoms with van der Waals surface area (Å²) in [6.45, 7) is 15.0. The number of nitrogens with zero attached hydrogens (tertiary/aromatic N) is 2. The van der Waals surface area contributed by atoms with E-state index in [9.17, 15) is 14.4 Å². The van der Waals surface area contributed by atoms with E-state index in [0.717, 1.165) is 25.8 Å². The average molecular weight is 440 g/mol. The van der Waals surface area contributed by atoms with Gasteiger partial charge < -0.3 is 15.0 Å². The molecule has 7 heteroatoms. The molecule has 180 valence electrons. The number of likely N-dealkylation sites (tertiary alicyclic amines) is 1. The van der Waals surface area contributed by atoms with Crippen LogP contribution in [0.4, 0.5) is 0 Å². The lowest BCUT2D eigenvalue weighted by atomic mass is 9.85. The number of piperidine rings is 1. The van der Waals surface area contributed by atoms with Crippen LogP contribution in [0.1, 0.15) is 74.1 Å². The fourth-order valence-corrected chi connectivity index (χ4v) is 3.21. The molecule has 2 unspecified atom stereocenters. The number of esters is 1. The van der Waals surface area contributed by atoms with Gasteiger partial charge in [0.25, 0.3) is 0 Å².